The maximum absolute atomic E-state index is 10.0. The van der Waals surface area contributed by atoms with E-state index in [9.17, 15) is 4.79 Å². The van der Waals surface area contributed by atoms with E-state index in [2.05, 4.69) is 4.74 Å². The van der Waals surface area contributed by atoms with Crippen LogP contribution >= 0.6 is 0 Å². The minimum Gasteiger partial charge on any atom is -0.450 e. The van der Waals surface area contributed by atoms with E-state index in [0.29, 0.717) is 12.5 Å². The van der Waals surface area contributed by atoms with Gasteiger partial charge in [-0.05, 0) is 18.8 Å². The summed E-state index contributed by atoms with van der Waals surface area (Å²) in [6.45, 7) is 0.398. The molecule has 1 N–H and O–H groups in total. The maximum Gasteiger partial charge on any atom is 0.505 e. The van der Waals surface area contributed by atoms with Crippen molar-refractivity contribution in [2.75, 3.05) is 6.61 Å². The monoisotopic (exact) mass is 158 g/mol. The molecule has 0 spiro atoms. The lowest BCUT2D eigenvalue weighted by Crippen LogP contribution is -2.15. The van der Waals surface area contributed by atoms with Gasteiger partial charge < -0.3 is 9.84 Å². The Hall–Kier alpha value is -0.730. The first-order chi connectivity index (χ1) is 5.29. The van der Waals surface area contributed by atoms with Crippen LogP contribution in [0.25, 0.3) is 0 Å². The highest BCUT2D eigenvalue weighted by Crippen LogP contribution is 2.23. The molecule has 0 aromatic heterocycles. The predicted molar refractivity (Wildman–Crippen MR) is 40.6 cm³/mol. The van der Waals surface area contributed by atoms with Crippen molar-refractivity contribution < 1.29 is 14.6 Å². The van der Waals surface area contributed by atoms with Crippen molar-refractivity contribution in [3.05, 3.63) is 0 Å². The Morgan fingerprint density at radius 2 is 2.00 bits per heavy atom. The Labute approximate surface area is 66.4 Å². The third kappa shape index (κ3) is 3.25. The van der Waals surface area contributed by atoms with Gasteiger partial charge in [0.2, 0.25) is 0 Å². The Morgan fingerprint density at radius 1 is 1.36 bits per heavy atom. The lowest BCUT2D eigenvalue weighted by molar-refractivity contribution is 0.0702. The average molecular weight is 158 g/mol. The van der Waals surface area contributed by atoms with Gasteiger partial charge in [0.25, 0.3) is 0 Å². The Bertz CT molecular complexity index is 127. The van der Waals surface area contributed by atoms with Gasteiger partial charge in [-0.3, -0.25) is 0 Å². The number of rotatable bonds is 2. The smallest absolute Gasteiger partial charge is 0.450 e. The van der Waals surface area contributed by atoms with Crippen molar-refractivity contribution >= 4 is 6.16 Å². The first kappa shape index (κ1) is 8.37. The van der Waals surface area contributed by atoms with E-state index in [-0.39, 0.29) is 0 Å². The minimum atomic E-state index is -1.14. The molecule has 0 radical (unpaired) electrons. The fourth-order valence-corrected chi connectivity index (χ4v) is 1.54. The second-order valence-corrected chi connectivity index (χ2v) is 3.08. The average Bonchev–Trinajstić information content (AvgIpc) is 2.03. The lowest BCUT2D eigenvalue weighted by Gasteiger charge is -2.19. The molecule has 11 heavy (non-hydrogen) atoms. The SMILES string of the molecule is O=C(O)OCC1CCCCC1. The molecule has 64 valence electrons. The summed E-state index contributed by atoms with van der Waals surface area (Å²) in [4.78, 5) is 10.0. The topological polar surface area (TPSA) is 46.5 Å². The third-order valence-corrected chi connectivity index (χ3v) is 2.17. The van der Waals surface area contributed by atoms with Crippen molar-refractivity contribution in [2.45, 2.75) is 32.1 Å². The summed E-state index contributed by atoms with van der Waals surface area (Å²) in [5.74, 6) is 0.486. The quantitative estimate of drug-likeness (QED) is 0.627. The molecule has 0 saturated heterocycles. The van der Waals surface area contributed by atoms with Crippen LogP contribution in [0.4, 0.5) is 4.79 Å². The summed E-state index contributed by atoms with van der Waals surface area (Å²) in [5.41, 5.74) is 0. The van der Waals surface area contributed by atoms with Crippen LogP contribution in [0.3, 0.4) is 0 Å². The van der Waals surface area contributed by atoms with E-state index in [0.717, 1.165) is 12.8 Å². The van der Waals surface area contributed by atoms with Crippen molar-refractivity contribution in [3.8, 4) is 0 Å². The molecule has 0 atom stereocenters. The van der Waals surface area contributed by atoms with Gasteiger partial charge in [0.05, 0.1) is 6.61 Å². The summed E-state index contributed by atoms with van der Waals surface area (Å²) in [7, 11) is 0. The zero-order valence-corrected chi connectivity index (χ0v) is 6.58. The van der Waals surface area contributed by atoms with Gasteiger partial charge in [0.1, 0.15) is 0 Å². The van der Waals surface area contributed by atoms with Gasteiger partial charge in [-0.1, -0.05) is 19.3 Å². The summed E-state index contributed by atoms with van der Waals surface area (Å²) in [6, 6.07) is 0. The van der Waals surface area contributed by atoms with Crippen LogP contribution in [0.2, 0.25) is 0 Å². The van der Waals surface area contributed by atoms with Gasteiger partial charge in [-0.15, -0.1) is 0 Å². The van der Waals surface area contributed by atoms with Gasteiger partial charge in [-0.2, -0.15) is 0 Å². The highest BCUT2D eigenvalue weighted by atomic mass is 16.7. The predicted octanol–water partition coefficient (Wildman–Crippen LogP) is 2.26. The molecule has 1 aliphatic carbocycles. The van der Waals surface area contributed by atoms with Crippen molar-refractivity contribution in [1.29, 1.82) is 0 Å². The van der Waals surface area contributed by atoms with Gasteiger partial charge in [0.15, 0.2) is 0 Å². The molecule has 0 amide bonds. The number of hydrogen-bond acceptors (Lipinski definition) is 2. The van der Waals surface area contributed by atoms with Crippen LogP contribution in [0.15, 0.2) is 0 Å². The van der Waals surface area contributed by atoms with Crippen LogP contribution in [-0.4, -0.2) is 17.9 Å². The Kier molecular flexibility index (Phi) is 3.20. The van der Waals surface area contributed by atoms with Crippen LogP contribution in [0.1, 0.15) is 32.1 Å². The molecule has 1 rings (SSSR count). The third-order valence-electron chi connectivity index (χ3n) is 2.17. The molecule has 1 saturated carbocycles. The van der Waals surface area contributed by atoms with Crippen molar-refractivity contribution in [3.63, 3.8) is 0 Å². The minimum absolute atomic E-state index is 0.398. The number of carboxylic acid groups (broad SMARTS) is 1. The molecule has 0 aliphatic heterocycles. The van der Waals surface area contributed by atoms with Crippen LogP contribution in [0.5, 0.6) is 0 Å². The van der Waals surface area contributed by atoms with Crippen LogP contribution < -0.4 is 0 Å². The standard InChI is InChI=1S/C8H14O3/c9-8(10)11-6-7-4-2-1-3-5-7/h7H,1-6H2,(H,9,10). The molecule has 0 unspecified atom stereocenters. The van der Waals surface area contributed by atoms with Crippen molar-refractivity contribution in [1.82, 2.24) is 0 Å². The first-order valence-electron chi connectivity index (χ1n) is 4.15. The molecule has 3 heteroatoms. The molecule has 3 nitrogen and oxygen atoms in total. The molecule has 1 aliphatic rings. The fraction of sp³-hybridized carbons (Fsp3) is 0.875. The second-order valence-electron chi connectivity index (χ2n) is 3.08. The van der Waals surface area contributed by atoms with E-state index >= 15 is 0 Å². The summed E-state index contributed by atoms with van der Waals surface area (Å²) < 4.78 is 4.50. The number of ether oxygens (including phenoxy) is 1. The number of carbonyl (C=O) groups is 1. The van der Waals surface area contributed by atoms with Crippen LogP contribution in [0, 0.1) is 5.92 Å². The summed E-state index contributed by atoms with van der Waals surface area (Å²) in [6.07, 6.45) is 4.88. The zero-order valence-electron chi connectivity index (χ0n) is 6.58. The highest BCUT2D eigenvalue weighted by Gasteiger charge is 2.14. The Morgan fingerprint density at radius 3 is 2.55 bits per heavy atom. The fourth-order valence-electron chi connectivity index (χ4n) is 1.54. The lowest BCUT2D eigenvalue weighted by atomic mass is 9.90. The second kappa shape index (κ2) is 4.21. The van der Waals surface area contributed by atoms with Gasteiger partial charge >= 0.3 is 6.16 Å². The van der Waals surface area contributed by atoms with E-state index in [1.54, 1.807) is 0 Å². The molecule has 0 aromatic rings. The van der Waals surface area contributed by atoms with Crippen LogP contribution in [-0.2, 0) is 4.74 Å². The van der Waals surface area contributed by atoms with Gasteiger partial charge in [-0.25, -0.2) is 4.79 Å². The van der Waals surface area contributed by atoms with E-state index in [1.807, 2.05) is 0 Å². The summed E-state index contributed by atoms with van der Waals surface area (Å²) in [5, 5.41) is 8.22. The number of hydrogen-bond donors (Lipinski definition) is 1. The normalized spacial score (nSPS) is 19.6. The molecule has 0 heterocycles. The molecular formula is C8H14O3. The van der Waals surface area contributed by atoms with E-state index in [1.165, 1.54) is 19.3 Å². The van der Waals surface area contributed by atoms with Gasteiger partial charge in [0, 0.05) is 0 Å². The van der Waals surface area contributed by atoms with E-state index < -0.39 is 6.16 Å². The molecule has 0 bridgehead atoms. The highest BCUT2D eigenvalue weighted by molar-refractivity contribution is 5.56. The molecular weight excluding hydrogens is 144 g/mol. The zero-order chi connectivity index (χ0) is 8.10. The maximum atomic E-state index is 10.0. The van der Waals surface area contributed by atoms with E-state index in [4.69, 9.17) is 5.11 Å². The molecule has 1 fully saturated rings. The first-order valence-corrected chi connectivity index (χ1v) is 4.15. The van der Waals surface area contributed by atoms with Crippen molar-refractivity contribution in [2.24, 2.45) is 5.92 Å². The summed E-state index contributed by atoms with van der Waals surface area (Å²) >= 11 is 0. The largest absolute Gasteiger partial charge is 0.505 e. The Balaban J connectivity index is 2.09. The molecule has 0 aromatic carbocycles.